The van der Waals surface area contributed by atoms with Crippen LogP contribution in [0, 0.1) is 5.92 Å². The summed E-state index contributed by atoms with van der Waals surface area (Å²) in [5.41, 5.74) is 3.29. The molecule has 0 aliphatic heterocycles. The van der Waals surface area contributed by atoms with Gasteiger partial charge in [0.15, 0.2) is 6.04 Å². The number of carboxylic acids is 1. The van der Waals surface area contributed by atoms with Crippen LogP contribution in [-0.4, -0.2) is 27.1 Å². The minimum atomic E-state index is -1.13. The third-order valence-electron chi connectivity index (χ3n) is 5.70. The van der Waals surface area contributed by atoms with Crippen LogP contribution in [0.15, 0.2) is 73.1 Å². The monoisotopic (exact) mass is 416 g/mol. The van der Waals surface area contributed by atoms with Crippen molar-refractivity contribution in [2.45, 2.75) is 31.2 Å². The van der Waals surface area contributed by atoms with Crippen LogP contribution in [0.1, 0.15) is 42.3 Å². The summed E-state index contributed by atoms with van der Waals surface area (Å²) >= 11 is 0. The van der Waals surface area contributed by atoms with E-state index in [-0.39, 0.29) is 24.0 Å². The Morgan fingerprint density at radius 3 is 2.32 bits per heavy atom. The highest BCUT2D eigenvalue weighted by Crippen LogP contribution is 2.44. The van der Waals surface area contributed by atoms with Crippen LogP contribution in [0.5, 0.6) is 5.75 Å². The average Bonchev–Trinajstić information content (AvgIpc) is 3.62. The van der Waals surface area contributed by atoms with E-state index in [2.05, 4.69) is 10.3 Å². The summed E-state index contributed by atoms with van der Waals surface area (Å²) in [4.78, 5) is 28.8. The number of pyridine rings is 1. The van der Waals surface area contributed by atoms with Gasteiger partial charge in [0.25, 0.3) is 0 Å². The average molecular weight is 416 g/mol. The van der Waals surface area contributed by atoms with Crippen LogP contribution in [0.2, 0.25) is 0 Å². The molecule has 1 heterocycles. The highest BCUT2D eigenvalue weighted by atomic mass is 16.4. The smallest absolute Gasteiger partial charge is 0.330 e. The first-order valence-electron chi connectivity index (χ1n) is 10.3. The van der Waals surface area contributed by atoms with Crippen LogP contribution < -0.4 is 5.32 Å². The second-order valence-electron chi connectivity index (χ2n) is 7.94. The molecule has 1 amide bonds. The van der Waals surface area contributed by atoms with Crippen LogP contribution in [0.25, 0.3) is 11.1 Å². The first-order chi connectivity index (χ1) is 15.0. The van der Waals surface area contributed by atoms with Crippen molar-refractivity contribution in [1.29, 1.82) is 0 Å². The molecule has 0 bridgehead atoms. The number of benzene rings is 2. The van der Waals surface area contributed by atoms with Gasteiger partial charge in [0.1, 0.15) is 5.75 Å². The highest BCUT2D eigenvalue weighted by Gasteiger charge is 2.34. The Hall–Kier alpha value is -3.67. The summed E-state index contributed by atoms with van der Waals surface area (Å²) < 4.78 is 0. The van der Waals surface area contributed by atoms with Gasteiger partial charge >= 0.3 is 5.97 Å². The number of phenols is 1. The molecule has 6 heteroatoms. The fourth-order valence-electron chi connectivity index (χ4n) is 3.93. The van der Waals surface area contributed by atoms with E-state index in [0.29, 0.717) is 11.5 Å². The summed E-state index contributed by atoms with van der Waals surface area (Å²) in [7, 11) is 0. The number of hydrogen-bond acceptors (Lipinski definition) is 4. The molecule has 0 saturated heterocycles. The molecule has 2 atom stereocenters. The molecule has 3 aromatic rings. The Balaban J connectivity index is 1.51. The molecule has 1 fully saturated rings. The molecule has 1 aromatic heterocycles. The molecular formula is C25H24N2O4. The van der Waals surface area contributed by atoms with Crippen molar-refractivity contribution in [3.05, 3.63) is 84.2 Å². The van der Waals surface area contributed by atoms with E-state index in [4.69, 9.17) is 0 Å². The van der Waals surface area contributed by atoms with E-state index in [1.165, 1.54) is 0 Å². The Labute approximate surface area is 180 Å². The number of carboxylic acid groups (broad SMARTS) is 1. The SMILES string of the molecule is O=C(CC(c1ccc(O)cc1)C1CC1)NC(C(=O)O)c1cccc(-c2ccncc2)c1. The maximum Gasteiger partial charge on any atom is 0.330 e. The number of phenolic OH excluding ortho intramolecular Hbond substituents is 1. The minimum Gasteiger partial charge on any atom is -0.508 e. The van der Waals surface area contributed by atoms with E-state index in [1.807, 2.05) is 30.3 Å². The van der Waals surface area contributed by atoms with E-state index < -0.39 is 12.0 Å². The van der Waals surface area contributed by atoms with Gasteiger partial charge in [-0.25, -0.2) is 4.79 Å². The van der Waals surface area contributed by atoms with Crippen molar-refractivity contribution in [3.8, 4) is 16.9 Å². The van der Waals surface area contributed by atoms with Gasteiger partial charge in [0.2, 0.25) is 5.91 Å². The first-order valence-corrected chi connectivity index (χ1v) is 10.3. The number of nitrogens with zero attached hydrogens (tertiary/aromatic N) is 1. The molecule has 1 saturated carbocycles. The maximum atomic E-state index is 12.8. The number of hydrogen-bond donors (Lipinski definition) is 3. The Morgan fingerprint density at radius 1 is 0.968 bits per heavy atom. The lowest BCUT2D eigenvalue weighted by molar-refractivity contribution is -0.142. The van der Waals surface area contributed by atoms with Gasteiger partial charge in [-0.2, -0.15) is 0 Å². The summed E-state index contributed by atoms with van der Waals surface area (Å²) in [6.45, 7) is 0. The van der Waals surface area contributed by atoms with Crippen molar-refractivity contribution >= 4 is 11.9 Å². The number of aromatic nitrogens is 1. The van der Waals surface area contributed by atoms with Crippen molar-refractivity contribution in [3.63, 3.8) is 0 Å². The number of aromatic hydroxyl groups is 1. The lowest BCUT2D eigenvalue weighted by Gasteiger charge is -2.20. The molecule has 31 heavy (non-hydrogen) atoms. The largest absolute Gasteiger partial charge is 0.508 e. The fraction of sp³-hybridized carbons (Fsp3) is 0.240. The molecule has 158 valence electrons. The van der Waals surface area contributed by atoms with Gasteiger partial charge in [0, 0.05) is 18.8 Å². The zero-order chi connectivity index (χ0) is 21.8. The first kappa shape index (κ1) is 20.6. The standard InChI is InChI=1S/C25H24N2O4/c28-21-8-6-18(7-9-21)22(17-4-5-17)15-23(29)27-24(25(30)31)20-3-1-2-19(14-20)16-10-12-26-13-11-16/h1-3,6-14,17,22,24,28H,4-5,15H2,(H,27,29)(H,30,31). The maximum absolute atomic E-state index is 12.8. The molecular weight excluding hydrogens is 392 g/mol. The van der Waals surface area contributed by atoms with Crippen molar-refractivity contribution in [2.24, 2.45) is 5.92 Å². The predicted octanol–water partition coefficient (Wildman–Crippen LogP) is 4.28. The predicted molar refractivity (Wildman–Crippen MR) is 116 cm³/mol. The second kappa shape index (κ2) is 9.00. The molecule has 6 nitrogen and oxygen atoms in total. The normalized spacial score (nSPS) is 15.1. The molecule has 4 rings (SSSR count). The van der Waals surface area contributed by atoms with E-state index in [1.54, 1.807) is 42.7 Å². The van der Waals surface area contributed by atoms with E-state index >= 15 is 0 Å². The van der Waals surface area contributed by atoms with Crippen molar-refractivity contribution in [1.82, 2.24) is 10.3 Å². The number of amides is 1. The summed E-state index contributed by atoms with van der Waals surface area (Å²) in [5.74, 6) is -0.797. The third-order valence-corrected chi connectivity index (χ3v) is 5.70. The summed E-state index contributed by atoms with van der Waals surface area (Å²) in [5, 5.41) is 22.0. The van der Waals surface area contributed by atoms with Crippen LogP contribution >= 0.6 is 0 Å². The zero-order valence-corrected chi connectivity index (χ0v) is 16.9. The van der Waals surface area contributed by atoms with Gasteiger partial charge in [-0.05, 0) is 77.3 Å². The highest BCUT2D eigenvalue weighted by molar-refractivity contribution is 5.85. The number of rotatable bonds is 8. The topological polar surface area (TPSA) is 99.5 Å². The van der Waals surface area contributed by atoms with Crippen LogP contribution in [0.4, 0.5) is 0 Å². The zero-order valence-electron chi connectivity index (χ0n) is 16.9. The van der Waals surface area contributed by atoms with Gasteiger partial charge in [-0.3, -0.25) is 9.78 Å². The molecule has 3 N–H and O–H groups in total. The van der Waals surface area contributed by atoms with E-state index in [0.717, 1.165) is 29.5 Å². The number of nitrogens with one attached hydrogen (secondary N) is 1. The lowest BCUT2D eigenvalue weighted by atomic mass is 9.90. The number of carbonyl (C=O) groups is 2. The molecule has 1 aliphatic rings. The van der Waals surface area contributed by atoms with Gasteiger partial charge in [-0.1, -0.05) is 30.3 Å². The third kappa shape index (κ3) is 5.09. The van der Waals surface area contributed by atoms with Gasteiger partial charge < -0.3 is 15.5 Å². The second-order valence-corrected chi connectivity index (χ2v) is 7.94. The Morgan fingerprint density at radius 2 is 1.68 bits per heavy atom. The number of carbonyl (C=O) groups excluding carboxylic acids is 1. The molecule has 0 radical (unpaired) electrons. The number of aliphatic carboxylic acids is 1. The van der Waals surface area contributed by atoms with Crippen LogP contribution in [-0.2, 0) is 9.59 Å². The van der Waals surface area contributed by atoms with Crippen LogP contribution in [0.3, 0.4) is 0 Å². The summed E-state index contributed by atoms with van der Waals surface area (Å²) in [6.07, 6.45) is 5.67. The summed E-state index contributed by atoms with van der Waals surface area (Å²) in [6, 6.07) is 16.7. The van der Waals surface area contributed by atoms with Gasteiger partial charge in [-0.15, -0.1) is 0 Å². The lowest BCUT2D eigenvalue weighted by Crippen LogP contribution is -2.34. The molecule has 2 unspecified atom stereocenters. The fourth-order valence-corrected chi connectivity index (χ4v) is 3.93. The van der Waals surface area contributed by atoms with Gasteiger partial charge in [0.05, 0.1) is 0 Å². The Kier molecular flexibility index (Phi) is 5.98. The minimum absolute atomic E-state index is 0.0122. The Bertz CT molecular complexity index is 1060. The molecule has 2 aromatic carbocycles. The quantitative estimate of drug-likeness (QED) is 0.509. The molecule has 0 spiro atoms. The molecule has 1 aliphatic carbocycles. The van der Waals surface area contributed by atoms with Crippen molar-refractivity contribution in [2.75, 3.05) is 0 Å². The van der Waals surface area contributed by atoms with E-state index in [9.17, 15) is 19.8 Å². The van der Waals surface area contributed by atoms with Crippen molar-refractivity contribution < 1.29 is 19.8 Å².